The van der Waals surface area contributed by atoms with E-state index in [1.54, 1.807) is 0 Å². The highest BCUT2D eigenvalue weighted by atomic mass is 16.8. The second-order valence-corrected chi connectivity index (χ2v) is 18.4. The van der Waals surface area contributed by atoms with Crippen molar-refractivity contribution in [2.45, 2.75) is 232 Å². The molecule has 0 aliphatic carbocycles. The topological polar surface area (TPSA) is 180 Å². The normalized spacial score (nSPS) is 16.8. The van der Waals surface area contributed by atoms with Crippen molar-refractivity contribution in [2.24, 2.45) is 17.3 Å². The van der Waals surface area contributed by atoms with E-state index in [0.717, 1.165) is 172 Å². The van der Waals surface area contributed by atoms with Gasteiger partial charge in [-0.25, -0.2) is 0 Å². The average molecular weight is 843 g/mol. The summed E-state index contributed by atoms with van der Waals surface area (Å²) >= 11 is 0. The van der Waals surface area contributed by atoms with Gasteiger partial charge in [-0.2, -0.15) is 0 Å². The van der Waals surface area contributed by atoms with Crippen LogP contribution in [0.4, 0.5) is 0 Å². The first kappa shape index (κ1) is 53.8. The highest BCUT2D eigenvalue weighted by Gasteiger charge is 2.72. The molecular weight excluding hydrogens is 753 g/mol. The van der Waals surface area contributed by atoms with Crippen molar-refractivity contribution >= 4 is 11.9 Å². The van der Waals surface area contributed by atoms with Gasteiger partial charge >= 0.3 is 29.6 Å². The summed E-state index contributed by atoms with van der Waals surface area (Å²) in [5.74, 6) is -11.0. The minimum absolute atomic E-state index is 0.00159. The van der Waals surface area contributed by atoms with Gasteiger partial charge < -0.3 is 45.0 Å². The third-order valence-corrected chi connectivity index (χ3v) is 13.4. The Labute approximate surface area is 358 Å². The summed E-state index contributed by atoms with van der Waals surface area (Å²) in [6, 6.07) is 0. The van der Waals surface area contributed by atoms with Crippen molar-refractivity contribution in [1.82, 2.24) is 9.80 Å². The first-order chi connectivity index (χ1) is 28.3. The Balaban J connectivity index is 2.40. The van der Waals surface area contributed by atoms with Gasteiger partial charge in [-0.3, -0.25) is 14.5 Å². The average Bonchev–Trinajstić information content (AvgIpc) is 3.59. The predicted molar refractivity (Wildman–Crippen MR) is 233 cm³/mol. The molecule has 2 fully saturated rings. The standard InChI is InChI=1S/C47H90N2O10/c1-5-9-13-17-21-27-40(28-22-18-14-10-6-2)42(51)58-46(54,55)45(53,49-36-32-44(33-37-49)31-35-48(39-44)34-25-26-38-50)47(56,57)59-43(52)41(29-23-19-15-11-7-3)30-24-20-16-12-8-4/h40-41,50,53-57H,5-39H2,1-4H3. The Hall–Kier alpha value is -1.38. The van der Waals surface area contributed by atoms with Crippen LogP contribution >= 0.6 is 0 Å². The number of aliphatic hydroxyl groups is 6. The van der Waals surface area contributed by atoms with Crippen LogP contribution in [0.5, 0.6) is 0 Å². The summed E-state index contributed by atoms with van der Waals surface area (Å²) in [6.45, 7) is 11.2. The third-order valence-electron chi connectivity index (χ3n) is 13.4. The number of nitrogens with zero attached hydrogens (tertiary/aromatic N) is 2. The first-order valence-electron chi connectivity index (χ1n) is 24.4. The van der Waals surface area contributed by atoms with E-state index in [0.29, 0.717) is 38.5 Å². The van der Waals surface area contributed by atoms with E-state index in [1.165, 1.54) is 0 Å². The van der Waals surface area contributed by atoms with E-state index < -0.39 is 41.4 Å². The summed E-state index contributed by atoms with van der Waals surface area (Å²) in [4.78, 5) is 31.4. The van der Waals surface area contributed by atoms with Gasteiger partial charge in [0.05, 0.1) is 11.8 Å². The fraction of sp³-hybridized carbons (Fsp3) is 0.957. The Kier molecular flexibility index (Phi) is 26.5. The number of aliphatic hydroxyl groups excluding tert-OH is 1. The molecule has 12 heteroatoms. The lowest BCUT2D eigenvalue weighted by atomic mass is 9.77. The smallest absolute Gasteiger partial charge is 0.379 e. The lowest BCUT2D eigenvalue weighted by molar-refractivity contribution is -0.524. The number of esters is 2. The van der Waals surface area contributed by atoms with Gasteiger partial charge in [-0.05, 0) is 76.3 Å². The van der Waals surface area contributed by atoms with Crippen LogP contribution in [-0.4, -0.2) is 109 Å². The van der Waals surface area contributed by atoms with Gasteiger partial charge in [0.1, 0.15) is 0 Å². The van der Waals surface area contributed by atoms with Gasteiger partial charge in [0.25, 0.3) is 0 Å². The monoisotopic (exact) mass is 843 g/mol. The molecule has 0 bridgehead atoms. The summed E-state index contributed by atoms with van der Waals surface area (Å²) in [5.41, 5.74) is -3.68. The number of rotatable bonds is 35. The van der Waals surface area contributed by atoms with E-state index in [-0.39, 0.29) is 25.1 Å². The number of ether oxygens (including phenoxy) is 2. The Morgan fingerprint density at radius 3 is 1.24 bits per heavy atom. The number of unbranched alkanes of at least 4 members (excludes halogenated alkanes) is 17. The quantitative estimate of drug-likeness (QED) is 0.0205. The van der Waals surface area contributed by atoms with E-state index in [4.69, 9.17) is 9.47 Å². The van der Waals surface area contributed by atoms with Crippen LogP contribution in [0.15, 0.2) is 0 Å². The fourth-order valence-corrected chi connectivity index (χ4v) is 9.33. The lowest BCUT2D eigenvalue weighted by Gasteiger charge is -2.52. The van der Waals surface area contributed by atoms with Crippen molar-refractivity contribution in [1.29, 1.82) is 0 Å². The van der Waals surface area contributed by atoms with Crippen molar-refractivity contribution in [3.63, 3.8) is 0 Å². The van der Waals surface area contributed by atoms with Crippen LogP contribution in [-0.2, 0) is 19.1 Å². The highest BCUT2D eigenvalue weighted by Crippen LogP contribution is 2.46. The van der Waals surface area contributed by atoms with Crippen LogP contribution in [0.3, 0.4) is 0 Å². The number of likely N-dealkylation sites (tertiary alicyclic amines) is 2. The first-order valence-corrected chi connectivity index (χ1v) is 24.4. The van der Waals surface area contributed by atoms with Gasteiger partial charge in [-0.1, -0.05) is 156 Å². The highest BCUT2D eigenvalue weighted by molar-refractivity contribution is 5.73. The molecule has 6 N–H and O–H groups in total. The zero-order valence-corrected chi connectivity index (χ0v) is 38.1. The molecule has 2 aliphatic heterocycles. The van der Waals surface area contributed by atoms with E-state index >= 15 is 0 Å². The number of hydrogen-bond acceptors (Lipinski definition) is 12. The van der Waals surface area contributed by atoms with E-state index in [1.807, 2.05) is 0 Å². The molecule has 2 aliphatic rings. The maximum atomic E-state index is 14.0. The number of piperidine rings is 1. The maximum Gasteiger partial charge on any atom is 0.379 e. The van der Waals surface area contributed by atoms with E-state index in [2.05, 4.69) is 32.6 Å². The van der Waals surface area contributed by atoms with Crippen LogP contribution in [0.1, 0.15) is 214 Å². The molecule has 2 rings (SSSR count). The molecule has 0 aromatic rings. The Morgan fingerprint density at radius 2 is 0.881 bits per heavy atom. The molecule has 348 valence electrons. The van der Waals surface area contributed by atoms with Gasteiger partial charge in [0.2, 0.25) is 0 Å². The maximum absolute atomic E-state index is 14.0. The minimum atomic E-state index is -3.86. The van der Waals surface area contributed by atoms with Crippen molar-refractivity contribution in [2.75, 3.05) is 39.3 Å². The van der Waals surface area contributed by atoms with Crippen LogP contribution < -0.4 is 0 Å². The molecule has 0 atom stereocenters. The van der Waals surface area contributed by atoms with Crippen LogP contribution in [0.25, 0.3) is 0 Å². The summed E-state index contributed by atoms with van der Waals surface area (Å²) in [7, 11) is 0. The van der Waals surface area contributed by atoms with Crippen molar-refractivity contribution in [3.8, 4) is 0 Å². The molecule has 0 radical (unpaired) electrons. The van der Waals surface area contributed by atoms with Gasteiger partial charge in [-0.15, -0.1) is 0 Å². The molecule has 2 saturated heterocycles. The Morgan fingerprint density at radius 1 is 0.525 bits per heavy atom. The summed E-state index contributed by atoms with van der Waals surface area (Å²) < 4.78 is 10.9. The van der Waals surface area contributed by atoms with Crippen LogP contribution in [0.2, 0.25) is 0 Å². The number of hydrogen-bond donors (Lipinski definition) is 6. The largest absolute Gasteiger partial charge is 0.404 e. The van der Waals surface area contributed by atoms with Gasteiger partial charge in [0, 0.05) is 26.2 Å². The van der Waals surface area contributed by atoms with Crippen molar-refractivity contribution in [3.05, 3.63) is 0 Å². The molecule has 0 unspecified atom stereocenters. The second-order valence-electron chi connectivity index (χ2n) is 18.4. The molecular formula is C47H90N2O10. The van der Waals surface area contributed by atoms with Crippen LogP contribution in [0, 0.1) is 17.3 Å². The molecule has 0 aromatic carbocycles. The summed E-state index contributed by atoms with van der Waals surface area (Å²) in [5, 5.41) is 69.1. The number of carbonyl (C=O) groups excluding carboxylic acids is 2. The molecule has 0 saturated carbocycles. The predicted octanol–water partition coefficient (Wildman–Crippen LogP) is 8.27. The molecule has 2 heterocycles. The van der Waals surface area contributed by atoms with Gasteiger partial charge in [0.15, 0.2) is 0 Å². The molecule has 59 heavy (non-hydrogen) atoms. The molecule has 12 nitrogen and oxygen atoms in total. The minimum Gasteiger partial charge on any atom is -0.404 e. The zero-order valence-electron chi connectivity index (χ0n) is 38.1. The molecule has 0 amide bonds. The zero-order chi connectivity index (χ0) is 43.6. The lowest BCUT2D eigenvalue weighted by Crippen LogP contribution is -2.79. The van der Waals surface area contributed by atoms with E-state index in [9.17, 15) is 40.2 Å². The summed E-state index contributed by atoms with van der Waals surface area (Å²) in [6.07, 6.45) is 24.7. The third kappa shape index (κ3) is 18.1. The molecule has 1 spiro atoms. The Bertz CT molecular complexity index is 1030. The second kappa shape index (κ2) is 29.1. The fourth-order valence-electron chi connectivity index (χ4n) is 9.33. The number of carbonyl (C=O) groups is 2. The van der Waals surface area contributed by atoms with Crippen molar-refractivity contribution < 1.29 is 49.7 Å². The SMILES string of the molecule is CCCCCCCC(CCCCCCC)C(=O)OC(O)(O)C(O)(N1CCC2(CCN(CCCCO)C2)CC1)C(O)(O)OC(=O)C(CCCCCCC)CCCCCCC. The molecule has 0 aromatic heterocycles.